The smallest absolute Gasteiger partial charge is 0.00642 e. The molecule has 66 valence electrons. The molecule has 1 rings (SSSR count). The fourth-order valence-electron chi connectivity index (χ4n) is 2.16. The van der Waals surface area contributed by atoms with Crippen molar-refractivity contribution in [1.29, 1.82) is 0 Å². The van der Waals surface area contributed by atoms with Crippen molar-refractivity contribution in [2.75, 3.05) is 7.05 Å². The summed E-state index contributed by atoms with van der Waals surface area (Å²) in [6.45, 7) is 7.06. The highest BCUT2D eigenvalue weighted by Crippen LogP contribution is 2.37. The first kappa shape index (κ1) is 9.05. The summed E-state index contributed by atoms with van der Waals surface area (Å²) in [6, 6.07) is 0.711. The standard InChI is InChI=1S/C10H21N/c1-7-5-10(6-8(7)2)9(3)11-4/h7-11H,5-6H2,1-4H3/t7-,8?,9?,10?/m1/s1. The maximum atomic E-state index is 3.35. The minimum absolute atomic E-state index is 0.711. The lowest BCUT2D eigenvalue weighted by molar-refractivity contribution is 0.391. The Morgan fingerprint density at radius 3 is 2.00 bits per heavy atom. The first-order chi connectivity index (χ1) is 5.15. The van der Waals surface area contributed by atoms with Gasteiger partial charge in [-0.05, 0) is 44.6 Å². The van der Waals surface area contributed by atoms with Gasteiger partial charge in [-0.25, -0.2) is 0 Å². The molecule has 1 aliphatic rings. The Labute approximate surface area is 70.6 Å². The number of hydrogen-bond acceptors (Lipinski definition) is 1. The predicted molar refractivity (Wildman–Crippen MR) is 49.6 cm³/mol. The molecule has 1 saturated carbocycles. The lowest BCUT2D eigenvalue weighted by atomic mass is 9.99. The van der Waals surface area contributed by atoms with E-state index in [1.54, 1.807) is 0 Å². The van der Waals surface area contributed by atoms with Crippen molar-refractivity contribution in [3.8, 4) is 0 Å². The second-order valence-corrected chi connectivity index (χ2v) is 4.26. The zero-order chi connectivity index (χ0) is 8.43. The summed E-state index contributed by atoms with van der Waals surface area (Å²) in [6.07, 6.45) is 2.84. The molecule has 0 aromatic heterocycles. The highest BCUT2D eigenvalue weighted by Gasteiger charge is 2.30. The summed E-state index contributed by atoms with van der Waals surface area (Å²) in [7, 11) is 2.07. The van der Waals surface area contributed by atoms with Crippen LogP contribution in [0.15, 0.2) is 0 Å². The van der Waals surface area contributed by atoms with Crippen LogP contribution in [0.1, 0.15) is 33.6 Å². The van der Waals surface area contributed by atoms with Gasteiger partial charge in [-0.2, -0.15) is 0 Å². The second kappa shape index (κ2) is 3.57. The summed E-state index contributed by atoms with van der Waals surface area (Å²) in [5, 5.41) is 3.35. The van der Waals surface area contributed by atoms with Gasteiger partial charge in [0.15, 0.2) is 0 Å². The highest BCUT2D eigenvalue weighted by atomic mass is 14.9. The van der Waals surface area contributed by atoms with Gasteiger partial charge in [0.05, 0.1) is 0 Å². The van der Waals surface area contributed by atoms with Crippen LogP contribution in [0, 0.1) is 17.8 Å². The van der Waals surface area contributed by atoms with Crippen LogP contribution in [0.5, 0.6) is 0 Å². The van der Waals surface area contributed by atoms with Crippen molar-refractivity contribution >= 4 is 0 Å². The quantitative estimate of drug-likeness (QED) is 0.645. The predicted octanol–water partition coefficient (Wildman–Crippen LogP) is 2.28. The SMILES string of the molecule is CNC(C)C1CC(C)[C@H](C)C1. The number of rotatable bonds is 2. The summed E-state index contributed by atoms with van der Waals surface area (Å²) >= 11 is 0. The molecule has 11 heavy (non-hydrogen) atoms. The lowest BCUT2D eigenvalue weighted by Crippen LogP contribution is -2.28. The Morgan fingerprint density at radius 1 is 1.18 bits per heavy atom. The topological polar surface area (TPSA) is 12.0 Å². The van der Waals surface area contributed by atoms with Crippen molar-refractivity contribution in [1.82, 2.24) is 5.32 Å². The van der Waals surface area contributed by atoms with Crippen LogP contribution < -0.4 is 5.32 Å². The average molecular weight is 155 g/mol. The summed E-state index contributed by atoms with van der Waals surface area (Å²) < 4.78 is 0. The molecule has 1 nitrogen and oxygen atoms in total. The molecule has 0 saturated heterocycles. The van der Waals surface area contributed by atoms with Crippen molar-refractivity contribution in [2.45, 2.75) is 39.7 Å². The van der Waals surface area contributed by atoms with Crippen molar-refractivity contribution in [3.63, 3.8) is 0 Å². The Balaban J connectivity index is 2.40. The van der Waals surface area contributed by atoms with Gasteiger partial charge in [-0.3, -0.25) is 0 Å². The normalized spacial score (nSPS) is 40.9. The Hall–Kier alpha value is -0.0400. The van der Waals surface area contributed by atoms with Crippen LogP contribution in [0.3, 0.4) is 0 Å². The third-order valence-corrected chi connectivity index (χ3v) is 3.48. The zero-order valence-corrected chi connectivity index (χ0v) is 8.22. The van der Waals surface area contributed by atoms with Crippen LogP contribution >= 0.6 is 0 Å². The van der Waals surface area contributed by atoms with E-state index in [-0.39, 0.29) is 0 Å². The molecular weight excluding hydrogens is 134 g/mol. The van der Waals surface area contributed by atoms with Crippen LogP contribution in [-0.2, 0) is 0 Å². The second-order valence-electron chi connectivity index (χ2n) is 4.26. The van der Waals surface area contributed by atoms with E-state index in [0.29, 0.717) is 6.04 Å². The van der Waals surface area contributed by atoms with E-state index >= 15 is 0 Å². The third kappa shape index (κ3) is 1.96. The van der Waals surface area contributed by atoms with E-state index in [2.05, 4.69) is 33.1 Å². The van der Waals surface area contributed by atoms with Gasteiger partial charge in [0.2, 0.25) is 0 Å². The van der Waals surface area contributed by atoms with Crippen LogP contribution in [0.25, 0.3) is 0 Å². The van der Waals surface area contributed by atoms with Gasteiger partial charge in [0, 0.05) is 6.04 Å². The molecule has 1 heteroatoms. The third-order valence-electron chi connectivity index (χ3n) is 3.48. The summed E-state index contributed by atoms with van der Waals surface area (Å²) in [5.74, 6) is 2.80. The maximum absolute atomic E-state index is 3.35. The Morgan fingerprint density at radius 2 is 1.64 bits per heavy atom. The number of nitrogens with one attached hydrogen (secondary N) is 1. The van der Waals surface area contributed by atoms with E-state index in [0.717, 1.165) is 17.8 Å². The lowest BCUT2D eigenvalue weighted by Gasteiger charge is -2.17. The minimum atomic E-state index is 0.711. The largest absolute Gasteiger partial charge is 0.317 e. The molecular formula is C10H21N. The van der Waals surface area contributed by atoms with Crippen molar-refractivity contribution in [2.24, 2.45) is 17.8 Å². The fraction of sp³-hybridized carbons (Fsp3) is 1.00. The first-order valence-electron chi connectivity index (χ1n) is 4.82. The van der Waals surface area contributed by atoms with Crippen LogP contribution in [0.2, 0.25) is 0 Å². The highest BCUT2D eigenvalue weighted by molar-refractivity contribution is 4.83. The van der Waals surface area contributed by atoms with Gasteiger partial charge >= 0.3 is 0 Å². The maximum Gasteiger partial charge on any atom is 0.00642 e. The first-order valence-corrected chi connectivity index (χ1v) is 4.82. The van der Waals surface area contributed by atoms with Gasteiger partial charge in [-0.15, -0.1) is 0 Å². The molecule has 0 aromatic carbocycles. The van der Waals surface area contributed by atoms with Gasteiger partial charge in [-0.1, -0.05) is 13.8 Å². The average Bonchev–Trinajstić information content (AvgIpc) is 2.31. The molecule has 0 amide bonds. The summed E-state index contributed by atoms with van der Waals surface area (Å²) in [5.41, 5.74) is 0. The molecule has 0 aromatic rings. The number of hydrogen-bond donors (Lipinski definition) is 1. The van der Waals surface area contributed by atoms with E-state index in [4.69, 9.17) is 0 Å². The molecule has 0 heterocycles. The van der Waals surface area contributed by atoms with E-state index in [1.165, 1.54) is 12.8 Å². The van der Waals surface area contributed by atoms with Crippen molar-refractivity contribution in [3.05, 3.63) is 0 Å². The molecule has 1 N–H and O–H groups in total. The van der Waals surface area contributed by atoms with Gasteiger partial charge in [0.1, 0.15) is 0 Å². The van der Waals surface area contributed by atoms with Crippen LogP contribution in [0.4, 0.5) is 0 Å². The van der Waals surface area contributed by atoms with E-state index < -0.39 is 0 Å². The van der Waals surface area contributed by atoms with Crippen LogP contribution in [-0.4, -0.2) is 13.1 Å². The summed E-state index contributed by atoms with van der Waals surface area (Å²) in [4.78, 5) is 0. The molecule has 0 bridgehead atoms. The zero-order valence-electron chi connectivity index (χ0n) is 8.22. The molecule has 1 aliphatic carbocycles. The Bertz CT molecular complexity index is 112. The minimum Gasteiger partial charge on any atom is -0.317 e. The van der Waals surface area contributed by atoms with E-state index in [9.17, 15) is 0 Å². The Kier molecular flexibility index (Phi) is 2.94. The monoisotopic (exact) mass is 155 g/mol. The molecule has 0 radical (unpaired) electrons. The fourth-order valence-corrected chi connectivity index (χ4v) is 2.16. The molecule has 0 aliphatic heterocycles. The van der Waals surface area contributed by atoms with Crippen molar-refractivity contribution < 1.29 is 0 Å². The molecule has 4 atom stereocenters. The molecule has 0 spiro atoms. The molecule has 1 fully saturated rings. The molecule has 3 unspecified atom stereocenters. The van der Waals surface area contributed by atoms with Gasteiger partial charge < -0.3 is 5.32 Å². The van der Waals surface area contributed by atoms with E-state index in [1.807, 2.05) is 0 Å². The van der Waals surface area contributed by atoms with Gasteiger partial charge in [0.25, 0.3) is 0 Å².